The van der Waals surface area contributed by atoms with Crippen LogP contribution in [0.15, 0.2) is 87.2 Å². The molecule has 230 valence electrons. The van der Waals surface area contributed by atoms with Crippen molar-refractivity contribution in [3.8, 4) is 5.69 Å². The second-order valence-corrected chi connectivity index (χ2v) is 13.7. The van der Waals surface area contributed by atoms with Crippen LogP contribution in [0.1, 0.15) is 50.7 Å². The summed E-state index contributed by atoms with van der Waals surface area (Å²) in [6, 6.07) is 21.9. The lowest BCUT2D eigenvalue weighted by Gasteiger charge is -2.33. The minimum absolute atomic E-state index is 0.00112. The van der Waals surface area contributed by atoms with Crippen LogP contribution in [0.2, 0.25) is 0 Å². The molecule has 0 saturated carbocycles. The Labute approximate surface area is 271 Å². The number of benzene rings is 2. The van der Waals surface area contributed by atoms with Gasteiger partial charge >= 0.3 is 0 Å². The molecule has 4 heterocycles. The topological polar surface area (TPSA) is 71.6 Å². The van der Waals surface area contributed by atoms with E-state index < -0.39 is 0 Å². The molecule has 5 aromatic rings. The molecule has 1 fully saturated rings. The molecule has 1 saturated heterocycles. The molecule has 0 spiro atoms. The summed E-state index contributed by atoms with van der Waals surface area (Å²) in [5, 5.41) is 1.42. The summed E-state index contributed by atoms with van der Waals surface area (Å²) >= 11 is 3.14. The number of thioether (sulfide) groups is 1. The van der Waals surface area contributed by atoms with Gasteiger partial charge in [0.1, 0.15) is 10.6 Å². The van der Waals surface area contributed by atoms with Gasteiger partial charge in [0.05, 0.1) is 16.8 Å². The fourth-order valence-corrected chi connectivity index (χ4v) is 8.41. The quantitative estimate of drug-likeness (QED) is 0.135. The first-order valence-corrected chi connectivity index (χ1v) is 17.4. The molecule has 0 atom stereocenters. The lowest BCUT2D eigenvalue weighted by molar-refractivity contribution is 0.0617. The zero-order chi connectivity index (χ0) is 30.8. The maximum Gasteiger partial charge on any atom is 0.289 e. The number of aromatic nitrogens is 2. The van der Waals surface area contributed by atoms with Crippen LogP contribution in [-0.2, 0) is 18.6 Å². The lowest BCUT2D eigenvalue weighted by atomic mass is 9.97. The number of carbonyl (C=O) groups excluding carboxylic acids is 1. The number of hydrogen-bond donors (Lipinski definition) is 0. The summed E-state index contributed by atoms with van der Waals surface area (Å²) < 4.78 is 7.84. The van der Waals surface area contributed by atoms with Gasteiger partial charge in [-0.2, -0.15) is 0 Å². The van der Waals surface area contributed by atoms with Gasteiger partial charge in [-0.1, -0.05) is 72.4 Å². The van der Waals surface area contributed by atoms with Crippen molar-refractivity contribution in [2.45, 2.75) is 43.5 Å². The van der Waals surface area contributed by atoms with E-state index in [1.54, 1.807) is 22.0 Å². The summed E-state index contributed by atoms with van der Waals surface area (Å²) in [5.41, 5.74) is 4.25. The van der Waals surface area contributed by atoms with Crippen LogP contribution in [0, 0.1) is 6.92 Å². The molecule has 45 heavy (non-hydrogen) atoms. The third-order valence-electron chi connectivity index (χ3n) is 8.66. The fraction of sp³-hybridized carbons (Fsp3) is 0.306. The van der Waals surface area contributed by atoms with E-state index in [-0.39, 0.29) is 11.5 Å². The lowest BCUT2D eigenvalue weighted by Crippen LogP contribution is -2.48. The van der Waals surface area contributed by atoms with Crippen molar-refractivity contribution >= 4 is 45.3 Å². The van der Waals surface area contributed by atoms with E-state index in [0.717, 1.165) is 66.8 Å². The molecule has 2 aliphatic rings. The number of amides is 1. The summed E-state index contributed by atoms with van der Waals surface area (Å²) in [6.45, 7) is 5.87. The molecule has 2 aromatic carbocycles. The van der Waals surface area contributed by atoms with E-state index in [4.69, 9.17) is 9.40 Å². The third kappa shape index (κ3) is 6.30. The van der Waals surface area contributed by atoms with Gasteiger partial charge in [-0.05, 0) is 67.5 Å². The fourth-order valence-electron chi connectivity index (χ4n) is 6.21. The monoisotopic (exact) mass is 636 g/mol. The van der Waals surface area contributed by atoms with Gasteiger partial charge in [-0.15, -0.1) is 11.3 Å². The van der Waals surface area contributed by atoms with Crippen LogP contribution < -0.4 is 5.56 Å². The van der Waals surface area contributed by atoms with Crippen LogP contribution >= 0.6 is 23.1 Å². The molecule has 0 bridgehead atoms. The number of carbonyl (C=O) groups is 1. The normalized spacial score (nSPS) is 15.6. The first kappa shape index (κ1) is 29.8. The third-order valence-corrected chi connectivity index (χ3v) is 10.8. The number of para-hydroxylation sites is 1. The maximum atomic E-state index is 14.1. The van der Waals surface area contributed by atoms with Gasteiger partial charge < -0.3 is 9.32 Å². The predicted octanol–water partition coefficient (Wildman–Crippen LogP) is 6.99. The molecular formula is C36H36N4O3S2. The van der Waals surface area contributed by atoms with Crippen molar-refractivity contribution in [2.24, 2.45) is 0 Å². The number of fused-ring (bicyclic) bond motifs is 3. The van der Waals surface area contributed by atoms with E-state index in [1.807, 2.05) is 60.4 Å². The summed E-state index contributed by atoms with van der Waals surface area (Å²) in [4.78, 5) is 38.8. The standard InChI is InChI=1S/C36H36N4O3S2/c1-25-10-5-7-15-29(25)40-35(42)32-28-14-6-8-16-31(28)45-33(32)37-36(40)44-24-27-17-18-30(43-27)34(41)39-22-20-38(21-23-39)19-9-13-26-11-3-2-4-12-26/h2-5,7,9-13,15,17-18H,6,8,14,16,19-24H2,1H3. The van der Waals surface area contributed by atoms with Crippen molar-refractivity contribution in [3.05, 3.63) is 116 Å². The van der Waals surface area contributed by atoms with Gasteiger partial charge in [0.25, 0.3) is 11.5 Å². The molecule has 1 aliphatic carbocycles. The minimum atomic E-state index is -0.0775. The number of nitrogens with zero attached hydrogens (tertiary/aromatic N) is 4. The zero-order valence-electron chi connectivity index (χ0n) is 25.4. The molecule has 0 unspecified atom stereocenters. The maximum absolute atomic E-state index is 14.1. The first-order chi connectivity index (χ1) is 22.0. The highest BCUT2D eigenvalue weighted by atomic mass is 32.2. The van der Waals surface area contributed by atoms with E-state index in [9.17, 15) is 9.59 Å². The molecule has 7 rings (SSSR count). The number of piperazine rings is 1. The Bertz CT molecular complexity index is 1920. The average molecular weight is 637 g/mol. The Morgan fingerprint density at radius 2 is 1.76 bits per heavy atom. The van der Waals surface area contributed by atoms with Crippen molar-refractivity contribution in [1.29, 1.82) is 0 Å². The van der Waals surface area contributed by atoms with Crippen molar-refractivity contribution < 1.29 is 9.21 Å². The Kier molecular flexibility index (Phi) is 8.74. The largest absolute Gasteiger partial charge is 0.455 e. The molecule has 7 nitrogen and oxygen atoms in total. The predicted molar refractivity (Wildman–Crippen MR) is 183 cm³/mol. The van der Waals surface area contributed by atoms with Gasteiger partial charge in [0.15, 0.2) is 10.9 Å². The van der Waals surface area contributed by atoms with Crippen molar-refractivity contribution in [3.63, 3.8) is 0 Å². The highest BCUT2D eigenvalue weighted by Gasteiger charge is 2.26. The highest BCUT2D eigenvalue weighted by molar-refractivity contribution is 7.98. The highest BCUT2D eigenvalue weighted by Crippen LogP contribution is 2.36. The van der Waals surface area contributed by atoms with Crippen LogP contribution in [-0.4, -0.2) is 58.0 Å². The second kappa shape index (κ2) is 13.2. The van der Waals surface area contributed by atoms with Crippen LogP contribution in [0.25, 0.3) is 22.0 Å². The number of furan rings is 1. The van der Waals surface area contributed by atoms with Crippen molar-refractivity contribution in [1.82, 2.24) is 19.4 Å². The number of rotatable bonds is 8. The first-order valence-electron chi connectivity index (χ1n) is 15.6. The van der Waals surface area contributed by atoms with Crippen LogP contribution in [0.5, 0.6) is 0 Å². The van der Waals surface area contributed by atoms with Crippen LogP contribution in [0.3, 0.4) is 0 Å². The molecule has 1 amide bonds. The van der Waals surface area contributed by atoms with Crippen molar-refractivity contribution in [2.75, 3.05) is 32.7 Å². The van der Waals surface area contributed by atoms with Crippen LogP contribution in [0.4, 0.5) is 0 Å². The van der Waals surface area contributed by atoms with E-state index in [0.29, 0.717) is 35.5 Å². The summed E-state index contributed by atoms with van der Waals surface area (Å²) in [7, 11) is 0. The molecule has 3 aromatic heterocycles. The van der Waals surface area contributed by atoms with E-state index in [1.165, 1.54) is 27.8 Å². The molecular weight excluding hydrogens is 601 g/mol. The SMILES string of the molecule is Cc1ccccc1-n1c(SCc2ccc(C(=O)N3CCN(CC=Cc4ccccc4)CC3)o2)nc2sc3c(c2c1=O)CCCC3. The molecule has 1 aliphatic heterocycles. The molecule has 9 heteroatoms. The Hall–Kier alpha value is -3.92. The Morgan fingerprint density at radius 1 is 0.978 bits per heavy atom. The smallest absolute Gasteiger partial charge is 0.289 e. The van der Waals surface area contributed by atoms with E-state index >= 15 is 0 Å². The molecule has 0 radical (unpaired) electrons. The Morgan fingerprint density at radius 3 is 2.58 bits per heavy atom. The van der Waals surface area contributed by atoms with Gasteiger partial charge in [-0.3, -0.25) is 19.1 Å². The average Bonchev–Trinajstić information content (AvgIpc) is 3.70. The van der Waals surface area contributed by atoms with Gasteiger partial charge in [-0.25, -0.2) is 4.98 Å². The number of aryl methyl sites for hydroxylation is 3. The number of thiophene rings is 1. The van der Waals surface area contributed by atoms with Gasteiger partial charge in [0, 0.05) is 37.6 Å². The second-order valence-electron chi connectivity index (χ2n) is 11.7. The zero-order valence-corrected chi connectivity index (χ0v) is 27.0. The van der Waals surface area contributed by atoms with E-state index in [2.05, 4.69) is 29.2 Å². The number of hydrogen-bond acceptors (Lipinski definition) is 7. The van der Waals surface area contributed by atoms with Gasteiger partial charge in [0.2, 0.25) is 0 Å². The minimum Gasteiger partial charge on any atom is -0.455 e. The molecule has 0 N–H and O–H groups in total. The Balaban J connectivity index is 1.04. The summed E-state index contributed by atoms with van der Waals surface area (Å²) in [5.74, 6) is 1.42. The summed E-state index contributed by atoms with van der Waals surface area (Å²) in [6.07, 6.45) is 8.56.